The van der Waals surface area contributed by atoms with Crippen molar-refractivity contribution in [2.24, 2.45) is 0 Å². The van der Waals surface area contributed by atoms with E-state index in [0.717, 1.165) is 57.1 Å². The lowest BCUT2D eigenvalue weighted by atomic mass is 9.85. The van der Waals surface area contributed by atoms with Gasteiger partial charge in [0.1, 0.15) is 0 Å². The molecule has 3 aromatic carbocycles. The monoisotopic (exact) mass is 546 g/mol. The molecule has 1 amide bonds. The van der Waals surface area contributed by atoms with Crippen molar-refractivity contribution in [3.63, 3.8) is 0 Å². The number of hydrogen-bond acceptors (Lipinski definition) is 3. The number of rotatable bonds is 9. The van der Waals surface area contributed by atoms with Crippen molar-refractivity contribution < 1.29 is 14.7 Å². The van der Waals surface area contributed by atoms with E-state index in [4.69, 9.17) is 28.3 Å². The topological polar surface area (TPSA) is 79.3 Å². The van der Waals surface area contributed by atoms with Crippen LogP contribution in [0, 0.1) is 6.92 Å². The van der Waals surface area contributed by atoms with Crippen molar-refractivity contribution in [1.82, 2.24) is 10.3 Å². The summed E-state index contributed by atoms with van der Waals surface area (Å²) in [6.07, 6.45) is 3.40. The third kappa shape index (κ3) is 6.24. The van der Waals surface area contributed by atoms with Gasteiger partial charge in [-0.1, -0.05) is 60.8 Å². The van der Waals surface area contributed by atoms with Crippen LogP contribution in [-0.2, 0) is 4.79 Å². The minimum Gasteiger partial charge on any atom is -0.481 e. The van der Waals surface area contributed by atoms with Gasteiger partial charge in [-0.15, -0.1) is 0 Å². The van der Waals surface area contributed by atoms with Gasteiger partial charge in [-0.25, -0.2) is 0 Å². The van der Waals surface area contributed by atoms with E-state index in [0.29, 0.717) is 15.6 Å². The first-order valence-electron chi connectivity index (χ1n) is 12.4. The van der Waals surface area contributed by atoms with Crippen LogP contribution in [0.3, 0.4) is 0 Å². The maximum atomic E-state index is 12.5. The highest BCUT2D eigenvalue weighted by Gasteiger charge is 2.18. The van der Waals surface area contributed by atoms with Crippen LogP contribution >= 0.6 is 23.2 Å². The lowest BCUT2D eigenvalue weighted by Gasteiger charge is -2.19. The molecule has 0 aliphatic rings. The number of pyridine rings is 1. The van der Waals surface area contributed by atoms with Crippen molar-refractivity contribution in [2.45, 2.75) is 33.1 Å². The molecule has 2 N–H and O–H groups in total. The standard InChI is InChI=1S/C31H28Cl2N2O3/c1-3-4-25(20-5-7-22(8-6-20)31(38)35-16-14-28(36)37)29(21-9-11-23(32)12-10-21)26-13-15-34-30-19(2)17-24(33)18-27(26)30/h5-13,15,17-18H,3-4,14,16H2,1-2H3,(H,35,38)(H,36,37)/b29-25+. The number of allylic oxidation sites excluding steroid dienone is 1. The van der Waals surface area contributed by atoms with Crippen LogP contribution in [0.5, 0.6) is 0 Å². The van der Waals surface area contributed by atoms with E-state index in [1.165, 1.54) is 0 Å². The van der Waals surface area contributed by atoms with Gasteiger partial charge >= 0.3 is 5.97 Å². The second-order valence-corrected chi connectivity index (χ2v) is 9.94. The van der Waals surface area contributed by atoms with Gasteiger partial charge in [0, 0.05) is 33.7 Å². The predicted octanol–water partition coefficient (Wildman–Crippen LogP) is 7.81. The lowest BCUT2D eigenvalue weighted by molar-refractivity contribution is -0.136. The van der Waals surface area contributed by atoms with Gasteiger partial charge in [-0.2, -0.15) is 0 Å². The number of carboxylic acids is 1. The largest absolute Gasteiger partial charge is 0.481 e. The van der Waals surface area contributed by atoms with Gasteiger partial charge in [-0.3, -0.25) is 14.6 Å². The summed E-state index contributed by atoms with van der Waals surface area (Å²) in [5, 5.41) is 13.7. The number of nitrogens with one attached hydrogen (secondary N) is 1. The van der Waals surface area contributed by atoms with Crippen LogP contribution in [0.25, 0.3) is 22.0 Å². The zero-order valence-electron chi connectivity index (χ0n) is 21.2. The molecule has 4 rings (SSSR count). The summed E-state index contributed by atoms with van der Waals surface area (Å²) in [5.74, 6) is -1.26. The molecule has 0 saturated carbocycles. The summed E-state index contributed by atoms with van der Waals surface area (Å²) < 4.78 is 0. The Morgan fingerprint density at radius 2 is 1.53 bits per heavy atom. The summed E-state index contributed by atoms with van der Waals surface area (Å²) in [6.45, 7) is 4.22. The Labute approximate surface area is 232 Å². The lowest BCUT2D eigenvalue weighted by Crippen LogP contribution is -2.25. The number of halogens is 2. The van der Waals surface area contributed by atoms with Crippen LogP contribution < -0.4 is 5.32 Å². The quantitative estimate of drug-likeness (QED) is 0.210. The third-order valence-electron chi connectivity index (χ3n) is 6.32. The Balaban J connectivity index is 1.89. The van der Waals surface area contributed by atoms with Crippen LogP contribution in [0.15, 0.2) is 72.9 Å². The smallest absolute Gasteiger partial charge is 0.305 e. The SMILES string of the molecule is CCC/C(=C(/c1ccc(Cl)cc1)c1ccnc2c(C)cc(Cl)cc12)c1ccc(C(=O)NCCC(=O)O)cc1. The molecular formula is C31H28Cl2N2O3. The number of amides is 1. The molecule has 194 valence electrons. The molecular weight excluding hydrogens is 519 g/mol. The molecule has 0 radical (unpaired) electrons. The molecule has 4 aromatic rings. The predicted molar refractivity (Wildman–Crippen MR) is 155 cm³/mol. The highest BCUT2D eigenvalue weighted by atomic mass is 35.5. The molecule has 1 heterocycles. The minimum atomic E-state index is -0.954. The first-order valence-corrected chi connectivity index (χ1v) is 13.2. The molecule has 7 heteroatoms. The van der Waals surface area contributed by atoms with E-state index in [1.807, 2.05) is 67.7 Å². The van der Waals surface area contributed by atoms with Gasteiger partial charge < -0.3 is 10.4 Å². The summed E-state index contributed by atoms with van der Waals surface area (Å²) in [6, 6.07) is 21.1. The number of aryl methyl sites for hydroxylation is 1. The molecule has 0 aliphatic carbocycles. The molecule has 0 unspecified atom stereocenters. The van der Waals surface area contributed by atoms with E-state index < -0.39 is 5.97 Å². The minimum absolute atomic E-state index is 0.0781. The molecule has 0 spiro atoms. The number of carbonyl (C=O) groups excluding carboxylic acids is 1. The number of aliphatic carboxylic acids is 1. The highest BCUT2D eigenvalue weighted by Crippen LogP contribution is 2.39. The van der Waals surface area contributed by atoms with Crippen molar-refractivity contribution in [3.05, 3.63) is 111 Å². The Morgan fingerprint density at radius 3 is 2.18 bits per heavy atom. The number of nitrogens with zero attached hydrogens (tertiary/aromatic N) is 1. The van der Waals surface area contributed by atoms with Gasteiger partial charge in [0.15, 0.2) is 0 Å². The average molecular weight is 547 g/mol. The molecule has 1 aromatic heterocycles. The van der Waals surface area contributed by atoms with E-state index in [9.17, 15) is 9.59 Å². The number of hydrogen-bond donors (Lipinski definition) is 2. The molecule has 38 heavy (non-hydrogen) atoms. The van der Waals surface area contributed by atoms with E-state index in [2.05, 4.69) is 17.2 Å². The van der Waals surface area contributed by atoms with E-state index in [-0.39, 0.29) is 18.9 Å². The van der Waals surface area contributed by atoms with Crippen molar-refractivity contribution >= 4 is 57.1 Å². The van der Waals surface area contributed by atoms with Crippen molar-refractivity contribution in [3.8, 4) is 0 Å². The van der Waals surface area contributed by atoms with E-state index in [1.54, 1.807) is 12.1 Å². The Morgan fingerprint density at radius 1 is 0.868 bits per heavy atom. The zero-order chi connectivity index (χ0) is 27.2. The van der Waals surface area contributed by atoms with Crippen LogP contribution in [0.4, 0.5) is 0 Å². The second kappa shape index (κ2) is 12.2. The molecule has 5 nitrogen and oxygen atoms in total. The second-order valence-electron chi connectivity index (χ2n) is 9.06. The summed E-state index contributed by atoms with van der Waals surface area (Å²) in [4.78, 5) is 27.9. The van der Waals surface area contributed by atoms with Gasteiger partial charge in [0.05, 0.1) is 11.9 Å². The van der Waals surface area contributed by atoms with Gasteiger partial charge in [0.2, 0.25) is 0 Å². The molecule has 0 fully saturated rings. The zero-order valence-corrected chi connectivity index (χ0v) is 22.7. The van der Waals surface area contributed by atoms with Crippen LogP contribution in [0.2, 0.25) is 10.0 Å². The van der Waals surface area contributed by atoms with Crippen LogP contribution in [0.1, 0.15) is 58.8 Å². The first kappa shape index (κ1) is 27.4. The third-order valence-corrected chi connectivity index (χ3v) is 6.79. The fourth-order valence-corrected chi connectivity index (χ4v) is 4.99. The van der Waals surface area contributed by atoms with Crippen molar-refractivity contribution in [1.29, 1.82) is 0 Å². The number of aromatic nitrogens is 1. The normalized spacial score (nSPS) is 11.8. The number of carbonyl (C=O) groups is 2. The molecule has 0 aliphatic heterocycles. The summed E-state index contributed by atoms with van der Waals surface area (Å²) >= 11 is 12.7. The fraction of sp³-hybridized carbons (Fsp3) is 0.194. The number of fused-ring (bicyclic) bond motifs is 1. The fourth-order valence-electron chi connectivity index (χ4n) is 4.59. The van der Waals surface area contributed by atoms with Gasteiger partial charge in [-0.05, 0) is 89.2 Å². The highest BCUT2D eigenvalue weighted by molar-refractivity contribution is 6.31. The average Bonchev–Trinajstić information content (AvgIpc) is 2.89. The summed E-state index contributed by atoms with van der Waals surface area (Å²) in [7, 11) is 0. The first-order chi connectivity index (χ1) is 18.3. The van der Waals surface area contributed by atoms with Gasteiger partial charge in [0.25, 0.3) is 5.91 Å². The molecule has 0 bridgehead atoms. The maximum absolute atomic E-state index is 12.5. The Kier molecular flexibility index (Phi) is 8.82. The molecule has 0 saturated heterocycles. The Bertz CT molecular complexity index is 1510. The van der Waals surface area contributed by atoms with E-state index >= 15 is 0 Å². The summed E-state index contributed by atoms with van der Waals surface area (Å²) in [5.41, 5.74) is 7.56. The molecule has 0 atom stereocenters. The van der Waals surface area contributed by atoms with Crippen LogP contribution in [-0.4, -0.2) is 28.5 Å². The number of benzene rings is 3. The Hall–Kier alpha value is -3.67. The maximum Gasteiger partial charge on any atom is 0.305 e. The number of carboxylic acid groups (broad SMARTS) is 1. The van der Waals surface area contributed by atoms with Crippen molar-refractivity contribution in [2.75, 3.05) is 6.54 Å².